The van der Waals surface area contributed by atoms with E-state index >= 15 is 0 Å². The number of thioether (sulfide) groups is 1. The molecule has 2 rings (SSSR count). The van der Waals surface area contributed by atoms with Crippen LogP contribution in [-0.2, 0) is 14.3 Å². The molecule has 5 nitrogen and oxygen atoms in total. The summed E-state index contributed by atoms with van der Waals surface area (Å²) < 4.78 is 6.28. The summed E-state index contributed by atoms with van der Waals surface area (Å²) in [5.41, 5.74) is 2.58. The molecule has 0 aromatic rings. The molecule has 2 amide bonds. The highest BCUT2D eigenvalue weighted by Crippen LogP contribution is 2.22. The molecule has 1 aliphatic heterocycles. The van der Waals surface area contributed by atoms with Crippen molar-refractivity contribution in [3.63, 3.8) is 0 Å². The van der Waals surface area contributed by atoms with Crippen LogP contribution >= 0.6 is 24.0 Å². The van der Waals surface area contributed by atoms with Gasteiger partial charge in [-0.05, 0) is 19.3 Å². The number of nitrogens with one attached hydrogen (secondary N) is 1. The molecule has 1 saturated heterocycles. The minimum Gasteiger partial charge on any atom is -0.365 e. The fourth-order valence-electron chi connectivity index (χ4n) is 2.42. The summed E-state index contributed by atoms with van der Waals surface area (Å²) in [6.07, 6.45) is 5.83. The molecular weight excluding hydrogens is 296 g/mol. The molecule has 2 aliphatic rings. The summed E-state index contributed by atoms with van der Waals surface area (Å²) in [6.45, 7) is 1.91. The first kappa shape index (κ1) is 15.7. The first-order valence-electron chi connectivity index (χ1n) is 7.07. The second kappa shape index (κ2) is 7.38. The van der Waals surface area contributed by atoms with Gasteiger partial charge in [-0.2, -0.15) is 0 Å². The van der Waals surface area contributed by atoms with E-state index in [1.54, 1.807) is 0 Å². The maximum Gasteiger partial charge on any atom is 0.268 e. The maximum atomic E-state index is 12.2. The zero-order chi connectivity index (χ0) is 14.5. The Bertz CT molecular complexity index is 381. The van der Waals surface area contributed by atoms with Crippen molar-refractivity contribution in [1.29, 1.82) is 0 Å². The fraction of sp³-hybridized carbons (Fsp3) is 0.769. The normalized spacial score (nSPS) is 22.1. The average Bonchev–Trinajstić information content (AvgIpc) is 2.77. The lowest BCUT2D eigenvalue weighted by Crippen LogP contribution is -2.50. The highest BCUT2D eigenvalue weighted by Gasteiger charge is 2.31. The highest BCUT2D eigenvalue weighted by atomic mass is 32.2. The molecule has 1 N–H and O–H groups in total. The van der Waals surface area contributed by atoms with Gasteiger partial charge in [0.1, 0.15) is 6.10 Å². The molecule has 112 valence electrons. The maximum absolute atomic E-state index is 12.2. The summed E-state index contributed by atoms with van der Waals surface area (Å²) in [4.78, 5) is 23.8. The summed E-state index contributed by atoms with van der Waals surface area (Å²) >= 11 is 6.30. The van der Waals surface area contributed by atoms with Crippen LogP contribution in [0.2, 0.25) is 0 Å². The number of hydrogen-bond acceptors (Lipinski definition) is 5. The van der Waals surface area contributed by atoms with Crippen LogP contribution in [0.5, 0.6) is 0 Å². The van der Waals surface area contributed by atoms with E-state index in [1.165, 1.54) is 18.2 Å². The van der Waals surface area contributed by atoms with Crippen LogP contribution in [0, 0.1) is 0 Å². The lowest BCUT2D eigenvalue weighted by Gasteiger charge is -2.27. The molecule has 2 fully saturated rings. The van der Waals surface area contributed by atoms with Crippen molar-refractivity contribution in [3.05, 3.63) is 0 Å². The predicted octanol–water partition coefficient (Wildman–Crippen LogP) is 2.01. The number of amides is 2. The molecule has 0 radical (unpaired) electrons. The van der Waals surface area contributed by atoms with Crippen LogP contribution in [0.4, 0.5) is 0 Å². The van der Waals surface area contributed by atoms with Crippen LogP contribution < -0.4 is 5.43 Å². The number of rotatable bonds is 5. The van der Waals surface area contributed by atoms with Gasteiger partial charge in [0.2, 0.25) is 0 Å². The Balaban J connectivity index is 1.88. The number of thiocarbonyl (C=S) groups is 1. The van der Waals surface area contributed by atoms with Crippen LogP contribution in [0.15, 0.2) is 0 Å². The Morgan fingerprint density at radius 2 is 2.20 bits per heavy atom. The van der Waals surface area contributed by atoms with E-state index < -0.39 is 6.10 Å². The minimum absolute atomic E-state index is 0.162. The van der Waals surface area contributed by atoms with Gasteiger partial charge in [-0.15, -0.1) is 0 Å². The third-order valence-electron chi connectivity index (χ3n) is 3.55. The lowest BCUT2D eigenvalue weighted by molar-refractivity contribution is -0.145. The van der Waals surface area contributed by atoms with Crippen molar-refractivity contribution >= 4 is 40.1 Å². The average molecular weight is 316 g/mol. The Kier molecular flexibility index (Phi) is 5.80. The number of hydrogen-bond donors (Lipinski definition) is 1. The number of ether oxygens (including phenoxy) is 1. The van der Waals surface area contributed by atoms with Gasteiger partial charge >= 0.3 is 0 Å². The van der Waals surface area contributed by atoms with Crippen LogP contribution in [0.25, 0.3) is 0 Å². The molecule has 1 atom stereocenters. The van der Waals surface area contributed by atoms with Gasteiger partial charge in [-0.1, -0.05) is 50.2 Å². The summed E-state index contributed by atoms with van der Waals surface area (Å²) in [7, 11) is 0. The molecule has 0 spiro atoms. The van der Waals surface area contributed by atoms with Crippen LogP contribution in [0.3, 0.4) is 0 Å². The third kappa shape index (κ3) is 3.93. The van der Waals surface area contributed by atoms with Crippen molar-refractivity contribution in [2.45, 2.75) is 57.7 Å². The van der Waals surface area contributed by atoms with E-state index in [9.17, 15) is 9.59 Å². The molecule has 0 bridgehead atoms. The van der Waals surface area contributed by atoms with Crippen LogP contribution in [0.1, 0.15) is 45.4 Å². The molecule has 0 unspecified atom stereocenters. The van der Waals surface area contributed by atoms with E-state index in [1.807, 2.05) is 6.92 Å². The predicted molar refractivity (Wildman–Crippen MR) is 82.1 cm³/mol. The van der Waals surface area contributed by atoms with Gasteiger partial charge < -0.3 is 4.74 Å². The van der Waals surface area contributed by atoms with Crippen molar-refractivity contribution < 1.29 is 14.3 Å². The second-order valence-electron chi connectivity index (χ2n) is 5.05. The van der Waals surface area contributed by atoms with Crippen molar-refractivity contribution in [3.8, 4) is 0 Å². The number of nitrogens with zero attached hydrogens (tertiary/aromatic N) is 1. The molecule has 20 heavy (non-hydrogen) atoms. The zero-order valence-corrected chi connectivity index (χ0v) is 13.2. The first-order chi connectivity index (χ1) is 9.61. The summed E-state index contributed by atoms with van der Waals surface area (Å²) in [6, 6.07) is 0. The SMILES string of the molecule is CC[C@@H](OC1CCCCC1)C(=O)NN1C(=O)CSC1=S. The molecule has 1 saturated carbocycles. The lowest BCUT2D eigenvalue weighted by atomic mass is 9.97. The second-order valence-corrected chi connectivity index (χ2v) is 6.66. The number of carbonyl (C=O) groups is 2. The first-order valence-corrected chi connectivity index (χ1v) is 8.47. The van der Waals surface area contributed by atoms with Gasteiger partial charge in [-0.3, -0.25) is 15.0 Å². The van der Waals surface area contributed by atoms with Gasteiger partial charge in [0, 0.05) is 0 Å². The zero-order valence-electron chi connectivity index (χ0n) is 11.6. The third-order valence-corrected chi connectivity index (χ3v) is 4.90. The number of carbonyl (C=O) groups excluding carboxylic acids is 2. The standard InChI is InChI=1S/C13H20N2O3S2/c1-2-10(18-9-6-4-3-5-7-9)12(17)14-15-11(16)8-20-13(15)19/h9-10H,2-8H2,1H3,(H,14,17)/t10-/m1/s1. The Morgan fingerprint density at radius 1 is 1.50 bits per heavy atom. The monoisotopic (exact) mass is 316 g/mol. The molecule has 1 heterocycles. The fourth-order valence-corrected chi connectivity index (χ4v) is 3.40. The van der Waals surface area contributed by atoms with E-state index in [4.69, 9.17) is 17.0 Å². The topological polar surface area (TPSA) is 58.6 Å². The molecule has 7 heteroatoms. The Labute approximate surface area is 128 Å². The quantitative estimate of drug-likeness (QED) is 0.786. The molecule has 1 aliphatic carbocycles. The molecular formula is C13H20N2O3S2. The van der Waals surface area contributed by atoms with E-state index in [2.05, 4.69) is 5.43 Å². The van der Waals surface area contributed by atoms with E-state index in [0.717, 1.165) is 30.7 Å². The van der Waals surface area contributed by atoms with Crippen molar-refractivity contribution in [2.24, 2.45) is 0 Å². The molecule has 0 aromatic heterocycles. The highest BCUT2D eigenvalue weighted by molar-refractivity contribution is 8.23. The molecule has 0 aromatic carbocycles. The Hall–Kier alpha value is -0.660. The van der Waals surface area contributed by atoms with Crippen molar-refractivity contribution in [2.75, 3.05) is 5.75 Å². The summed E-state index contributed by atoms with van der Waals surface area (Å²) in [5, 5.41) is 1.16. The largest absolute Gasteiger partial charge is 0.365 e. The van der Waals surface area contributed by atoms with Crippen molar-refractivity contribution in [1.82, 2.24) is 10.4 Å². The van der Waals surface area contributed by atoms with E-state index in [-0.39, 0.29) is 17.9 Å². The number of hydrazine groups is 1. The minimum atomic E-state index is -0.515. The van der Waals surface area contributed by atoms with Gasteiger partial charge in [0.05, 0.1) is 11.9 Å². The van der Waals surface area contributed by atoms with Gasteiger partial charge in [0.25, 0.3) is 11.8 Å². The van der Waals surface area contributed by atoms with E-state index in [0.29, 0.717) is 16.5 Å². The Morgan fingerprint density at radius 3 is 2.75 bits per heavy atom. The van der Waals surface area contributed by atoms with Gasteiger partial charge in [0.15, 0.2) is 4.32 Å². The van der Waals surface area contributed by atoms with Crippen LogP contribution in [-0.4, -0.2) is 39.1 Å². The summed E-state index contributed by atoms with van der Waals surface area (Å²) in [5.74, 6) is -0.170. The van der Waals surface area contributed by atoms with Gasteiger partial charge in [-0.25, -0.2) is 5.01 Å². The smallest absolute Gasteiger partial charge is 0.268 e.